The average molecular weight is 366 g/mol. The number of benzene rings is 2. The van der Waals surface area contributed by atoms with E-state index in [-0.39, 0.29) is 12.0 Å². The molecule has 0 radical (unpaired) electrons. The standard InChI is InChI=1S/C20H22N4O3/c1-26-18-5-4-15-10-17(3-2-16(15)11-18)19-12-24(8-9-27-19)20(25)6-7-23-13-21-22-14-23/h2-5,10-11,13-14,19H,6-9,12H2,1H3. The Morgan fingerprint density at radius 2 is 1.96 bits per heavy atom. The Bertz CT molecular complexity index is 926. The first-order valence-electron chi connectivity index (χ1n) is 9.02. The monoisotopic (exact) mass is 366 g/mol. The molecule has 1 atom stereocenters. The van der Waals surface area contributed by atoms with Gasteiger partial charge in [-0.3, -0.25) is 4.79 Å². The van der Waals surface area contributed by atoms with Crippen molar-refractivity contribution >= 4 is 16.7 Å². The van der Waals surface area contributed by atoms with Crippen LogP contribution in [0.1, 0.15) is 18.1 Å². The molecule has 1 aromatic heterocycles. The van der Waals surface area contributed by atoms with Gasteiger partial charge in [0, 0.05) is 19.5 Å². The molecule has 1 fully saturated rings. The van der Waals surface area contributed by atoms with Gasteiger partial charge in [-0.2, -0.15) is 0 Å². The van der Waals surface area contributed by atoms with Crippen molar-refractivity contribution in [3.8, 4) is 5.75 Å². The van der Waals surface area contributed by atoms with Crippen LogP contribution >= 0.6 is 0 Å². The maximum atomic E-state index is 12.6. The number of ether oxygens (including phenoxy) is 2. The number of carbonyl (C=O) groups is 1. The molecule has 0 N–H and O–H groups in total. The van der Waals surface area contributed by atoms with E-state index < -0.39 is 0 Å². The van der Waals surface area contributed by atoms with E-state index in [4.69, 9.17) is 9.47 Å². The number of hydrogen-bond acceptors (Lipinski definition) is 5. The summed E-state index contributed by atoms with van der Waals surface area (Å²) in [6.45, 7) is 2.33. The first kappa shape index (κ1) is 17.5. The topological polar surface area (TPSA) is 69.5 Å². The van der Waals surface area contributed by atoms with Crippen molar-refractivity contribution in [3.05, 3.63) is 54.6 Å². The molecule has 1 saturated heterocycles. The van der Waals surface area contributed by atoms with Gasteiger partial charge in [0.2, 0.25) is 5.91 Å². The number of methoxy groups -OCH3 is 1. The van der Waals surface area contributed by atoms with Crippen LogP contribution in [0.2, 0.25) is 0 Å². The summed E-state index contributed by atoms with van der Waals surface area (Å²) < 4.78 is 13.0. The second-order valence-electron chi connectivity index (χ2n) is 6.62. The molecule has 7 nitrogen and oxygen atoms in total. The van der Waals surface area contributed by atoms with E-state index in [1.807, 2.05) is 27.7 Å². The van der Waals surface area contributed by atoms with Crippen molar-refractivity contribution in [2.24, 2.45) is 0 Å². The molecule has 4 rings (SSSR count). The molecule has 1 unspecified atom stereocenters. The summed E-state index contributed by atoms with van der Waals surface area (Å²) in [4.78, 5) is 14.4. The minimum Gasteiger partial charge on any atom is -0.497 e. The lowest BCUT2D eigenvalue weighted by atomic mass is 10.0. The molecule has 1 amide bonds. The summed E-state index contributed by atoms with van der Waals surface area (Å²) in [6, 6.07) is 12.3. The number of aryl methyl sites for hydroxylation is 1. The van der Waals surface area contributed by atoms with Crippen LogP contribution in [0.4, 0.5) is 0 Å². The Balaban J connectivity index is 1.44. The maximum Gasteiger partial charge on any atom is 0.224 e. The fourth-order valence-corrected chi connectivity index (χ4v) is 3.37. The number of amides is 1. The zero-order chi connectivity index (χ0) is 18.6. The normalized spacial score (nSPS) is 17.2. The van der Waals surface area contributed by atoms with E-state index in [0.717, 1.165) is 22.1 Å². The minimum atomic E-state index is -0.107. The Morgan fingerprint density at radius 1 is 1.19 bits per heavy atom. The molecule has 27 heavy (non-hydrogen) atoms. The molecule has 0 aliphatic carbocycles. The number of nitrogens with zero attached hydrogens (tertiary/aromatic N) is 4. The lowest BCUT2D eigenvalue weighted by molar-refractivity contribution is -0.139. The van der Waals surface area contributed by atoms with E-state index in [1.54, 1.807) is 19.8 Å². The molecule has 1 aliphatic rings. The van der Waals surface area contributed by atoms with Gasteiger partial charge in [-0.25, -0.2) is 0 Å². The highest BCUT2D eigenvalue weighted by Gasteiger charge is 2.25. The molecule has 3 aromatic rings. The van der Waals surface area contributed by atoms with E-state index in [1.165, 1.54) is 0 Å². The van der Waals surface area contributed by atoms with Crippen molar-refractivity contribution < 1.29 is 14.3 Å². The molecule has 0 bridgehead atoms. The fraction of sp³-hybridized carbons (Fsp3) is 0.350. The maximum absolute atomic E-state index is 12.6. The van der Waals surface area contributed by atoms with Gasteiger partial charge in [0.05, 0.1) is 20.3 Å². The van der Waals surface area contributed by atoms with Crippen LogP contribution < -0.4 is 4.74 Å². The third kappa shape index (κ3) is 3.93. The van der Waals surface area contributed by atoms with Crippen LogP contribution in [0.3, 0.4) is 0 Å². The average Bonchev–Trinajstić information content (AvgIpc) is 3.25. The number of hydrogen-bond donors (Lipinski definition) is 0. The third-order valence-corrected chi connectivity index (χ3v) is 4.91. The summed E-state index contributed by atoms with van der Waals surface area (Å²) in [5.74, 6) is 0.969. The van der Waals surface area contributed by atoms with Gasteiger partial charge in [0.25, 0.3) is 0 Å². The second-order valence-corrected chi connectivity index (χ2v) is 6.62. The van der Waals surface area contributed by atoms with Gasteiger partial charge in [-0.15, -0.1) is 10.2 Å². The van der Waals surface area contributed by atoms with Crippen molar-refractivity contribution in [3.63, 3.8) is 0 Å². The Kier molecular flexibility index (Phi) is 5.02. The van der Waals surface area contributed by atoms with Crippen LogP contribution in [0.25, 0.3) is 10.8 Å². The zero-order valence-corrected chi connectivity index (χ0v) is 15.2. The first-order chi connectivity index (χ1) is 13.2. The summed E-state index contributed by atoms with van der Waals surface area (Å²) in [7, 11) is 1.67. The van der Waals surface area contributed by atoms with Crippen LogP contribution in [0, 0.1) is 0 Å². The van der Waals surface area contributed by atoms with Crippen molar-refractivity contribution in [2.45, 2.75) is 19.1 Å². The fourth-order valence-electron chi connectivity index (χ4n) is 3.37. The Morgan fingerprint density at radius 3 is 2.78 bits per heavy atom. The predicted octanol–water partition coefficient (Wildman–Crippen LogP) is 2.43. The number of morpholine rings is 1. The van der Waals surface area contributed by atoms with Crippen molar-refractivity contribution in [1.82, 2.24) is 19.7 Å². The summed E-state index contributed by atoms with van der Waals surface area (Å²) >= 11 is 0. The van der Waals surface area contributed by atoms with Crippen molar-refractivity contribution in [2.75, 3.05) is 26.8 Å². The quantitative estimate of drug-likeness (QED) is 0.694. The zero-order valence-electron chi connectivity index (χ0n) is 15.2. The second kappa shape index (κ2) is 7.75. The Labute approximate surface area is 157 Å². The molecule has 2 aromatic carbocycles. The van der Waals surface area contributed by atoms with E-state index in [9.17, 15) is 4.79 Å². The van der Waals surface area contributed by atoms with Crippen LogP contribution in [-0.4, -0.2) is 52.4 Å². The van der Waals surface area contributed by atoms with Gasteiger partial charge in [-0.1, -0.05) is 18.2 Å². The molecule has 0 saturated carbocycles. The highest BCUT2D eigenvalue weighted by atomic mass is 16.5. The molecule has 140 valence electrons. The third-order valence-electron chi connectivity index (χ3n) is 4.91. The van der Waals surface area contributed by atoms with Gasteiger partial charge in [0.15, 0.2) is 0 Å². The Hall–Kier alpha value is -2.93. The number of aromatic nitrogens is 3. The van der Waals surface area contributed by atoms with E-state index >= 15 is 0 Å². The molecule has 7 heteroatoms. The SMILES string of the molecule is COc1ccc2cc(C3CN(C(=O)CCn4cnnc4)CCO3)ccc2c1. The van der Waals surface area contributed by atoms with E-state index in [0.29, 0.717) is 32.7 Å². The first-order valence-corrected chi connectivity index (χ1v) is 9.02. The van der Waals surface area contributed by atoms with Gasteiger partial charge >= 0.3 is 0 Å². The van der Waals surface area contributed by atoms with Crippen LogP contribution in [0.5, 0.6) is 5.75 Å². The number of fused-ring (bicyclic) bond motifs is 1. The van der Waals surface area contributed by atoms with Crippen LogP contribution in [-0.2, 0) is 16.1 Å². The predicted molar refractivity (Wildman–Crippen MR) is 100 cm³/mol. The van der Waals surface area contributed by atoms with Crippen LogP contribution in [0.15, 0.2) is 49.1 Å². The smallest absolute Gasteiger partial charge is 0.224 e. The molecule has 1 aliphatic heterocycles. The largest absolute Gasteiger partial charge is 0.497 e. The van der Waals surface area contributed by atoms with Gasteiger partial charge in [-0.05, 0) is 34.5 Å². The summed E-state index contributed by atoms with van der Waals surface area (Å²) in [6.07, 6.45) is 3.57. The lowest BCUT2D eigenvalue weighted by Crippen LogP contribution is -2.42. The molecule has 0 spiro atoms. The summed E-state index contributed by atoms with van der Waals surface area (Å²) in [5, 5.41) is 9.77. The highest BCUT2D eigenvalue weighted by Crippen LogP contribution is 2.28. The number of rotatable bonds is 5. The van der Waals surface area contributed by atoms with Gasteiger partial charge < -0.3 is 18.9 Å². The lowest BCUT2D eigenvalue weighted by Gasteiger charge is -2.33. The van der Waals surface area contributed by atoms with E-state index in [2.05, 4.69) is 28.4 Å². The minimum absolute atomic E-state index is 0.107. The number of carbonyl (C=O) groups excluding carboxylic acids is 1. The molecular formula is C20H22N4O3. The van der Waals surface area contributed by atoms with Crippen molar-refractivity contribution in [1.29, 1.82) is 0 Å². The molecular weight excluding hydrogens is 344 g/mol. The van der Waals surface area contributed by atoms with Gasteiger partial charge in [0.1, 0.15) is 24.5 Å². The summed E-state index contributed by atoms with van der Waals surface area (Å²) in [5.41, 5.74) is 1.09. The highest BCUT2D eigenvalue weighted by molar-refractivity contribution is 5.84. The molecule has 2 heterocycles.